The minimum atomic E-state index is -4.83. The molecule has 17 heteroatoms. The van der Waals surface area contributed by atoms with Crippen molar-refractivity contribution < 1.29 is 43.3 Å². The highest BCUT2D eigenvalue weighted by Gasteiger charge is 2.46. The van der Waals surface area contributed by atoms with Gasteiger partial charge in [0.1, 0.15) is 23.5 Å². The van der Waals surface area contributed by atoms with Crippen LogP contribution >= 0.6 is 39.4 Å². The first-order valence-electron chi connectivity index (χ1n) is 10.4. The average molecular weight is 581 g/mol. The Morgan fingerprint density at radius 2 is 1.92 bits per heavy atom. The molecular weight excluding hydrogens is 558 g/mol. The quantitative estimate of drug-likeness (QED) is 0.110. The van der Waals surface area contributed by atoms with Gasteiger partial charge in [-0.05, 0) is 17.7 Å². The van der Waals surface area contributed by atoms with E-state index in [1.807, 2.05) is 24.3 Å². The number of aliphatic hydroxyl groups is 2. The first kappa shape index (κ1) is 27.5. The topological polar surface area (TPSA) is 196 Å². The molecule has 0 radical (unpaired) electrons. The molecule has 13 nitrogen and oxygen atoms in total. The number of rotatable bonds is 9. The van der Waals surface area contributed by atoms with Crippen LogP contribution in [0.15, 0.2) is 41.4 Å². The Morgan fingerprint density at radius 3 is 2.61 bits per heavy atom. The number of fused-ring (bicyclic) bond motifs is 1. The molecule has 1 saturated heterocycles. The lowest BCUT2D eigenvalue weighted by atomic mass is 10.1. The molecule has 1 fully saturated rings. The molecule has 0 spiro atoms. The highest BCUT2D eigenvalue weighted by molar-refractivity contribution is 7.80. The Labute approximate surface area is 215 Å². The van der Waals surface area contributed by atoms with Crippen molar-refractivity contribution in [3.05, 3.63) is 47.2 Å². The molecule has 3 aromatic rings. The lowest BCUT2D eigenvalue weighted by Crippen LogP contribution is -2.33. The molecule has 0 bridgehead atoms. The zero-order valence-electron chi connectivity index (χ0n) is 18.3. The van der Waals surface area contributed by atoms with Crippen molar-refractivity contribution in [1.82, 2.24) is 14.8 Å². The maximum Gasteiger partial charge on any atom is 0.340 e. The fourth-order valence-corrected chi connectivity index (χ4v) is 6.70. The summed E-state index contributed by atoms with van der Waals surface area (Å²) >= 11 is 10.7. The molecule has 36 heavy (non-hydrogen) atoms. The number of aromatic nitrogens is 3. The van der Waals surface area contributed by atoms with Crippen molar-refractivity contribution in [3.63, 3.8) is 0 Å². The molecule has 0 amide bonds. The number of anilines is 1. The highest BCUT2D eigenvalue weighted by atomic mass is 35.5. The molecular formula is C19H23ClN4O9P2S. The molecule has 5 atom stereocenters. The van der Waals surface area contributed by atoms with Crippen LogP contribution in [-0.4, -0.2) is 70.5 Å². The molecule has 3 heterocycles. The van der Waals surface area contributed by atoms with Crippen LogP contribution in [0, 0.1) is 0 Å². The normalized spacial score (nSPS) is 24.2. The van der Waals surface area contributed by atoms with Gasteiger partial charge in [-0.2, -0.15) is 5.10 Å². The monoisotopic (exact) mass is 580 g/mol. The van der Waals surface area contributed by atoms with Gasteiger partial charge in [0.15, 0.2) is 17.8 Å². The second-order valence-electron chi connectivity index (χ2n) is 8.09. The summed E-state index contributed by atoms with van der Waals surface area (Å²) in [6.45, 7) is -0.289. The van der Waals surface area contributed by atoms with E-state index in [0.29, 0.717) is 17.6 Å². The van der Waals surface area contributed by atoms with E-state index in [2.05, 4.69) is 28.0 Å². The lowest BCUT2D eigenvalue weighted by Gasteiger charge is -2.18. The number of nitrogens with zero attached hydrogens (tertiary/aromatic N) is 3. The molecule has 1 aliphatic heterocycles. The molecule has 2 aromatic heterocycles. The van der Waals surface area contributed by atoms with Crippen LogP contribution in [-0.2, 0) is 24.9 Å². The van der Waals surface area contributed by atoms with Crippen molar-refractivity contribution in [3.8, 4) is 0 Å². The van der Waals surface area contributed by atoms with Gasteiger partial charge in [0.25, 0.3) is 0 Å². The van der Waals surface area contributed by atoms with Crippen LogP contribution in [0.3, 0.4) is 0 Å². The summed E-state index contributed by atoms with van der Waals surface area (Å²) in [5, 5.41) is 29.1. The van der Waals surface area contributed by atoms with E-state index in [4.69, 9.17) is 30.6 Å². The van der Waals surface area contributed by atoms with Crippen molar-refractivity contribution in [2.24, 2.45) is 0 Å². The maximum atomic E-state index is 11.9. The van der Waals surface area contributed by atoms with Crippen LogP contribution in [0.25, 0.3) is 11.0 Å². The van der Waals surface area contributed by atoms with Crippen LogP contribution in [0.5, 0.6) is 0 Å². The summed E-state index contributed by atoms with van der Waals surface area (Å²) < 4.78 is 34.5. The first-order chi connectivity index (χ1) is 16.8. The van der Waals surface area contributed by atoms with Gasteiger partial charge >= 0.3 is 15.2 Å². The van der Waals surface area contributed by atoms with E-state index in [-0.39, 0.29) is 10.8 Å². The second kappa shape index (κ2) is 10.7. The number of aliphatic hydroxyl groups excluding tert-OH is 2. The third kappa shape index (κ3) is 6.29. The van der Waals surface area contributed by atoms with E-state index in [1.54, 1.807) is 6.07 Å². The molecule has 196 valence electrons. The van der Waals surface area contributed by atoms with Crippen LogP contribution < -0.4 is 5.32 Å². The zero-order valence-corrected chi connectivity index (χ0v) is 21.8. The first-order valence-corrected chi connectivity index (χ1v) is 14.8. The van der Waals surface area contributed by atoms with Gasteiger partial charge in [-0.15, -0.1) is 12.6 Å². The Balaban J connectivity index is 1.53. The molecule has 1 aliphatic rings. The number of benzene rings is 1. The van der Waals surface area contributed by atoms with Crippen LogP contribution in [0.4, 0.5) is 5.69 Å². The minimum absolute atomic E-state index is 0.123. The fourth-order valence-electron chi connectivity index (χ4n) is 3.70. The highest BCUT2D eigenvalue weighted by Crippen LogP contribution is 2.55. The van der Waals surface area contributed by atoms with Gasteiger partial charge < -0.3 is 39.5 Å². The van der Waals surface area contributed by atoms with Crippen molar-refractivity contribution in [2.75, 3.05) is 17.8 Å². The Morgan fingerprint density at radius 1 is 1.19 bits per heavy atom. The summed E-state index contributed by atoms with van der Waals surface area (Å²) in [6, 6.07) is 9.13. The largest absolute Gasteiger partial charge is 0.387 e. The van der Waals surface area contributed by atoms with E-state index in [9.17, 15) is 24.2 Å². The van der Waals surface area contributed by atoms with Crippen molar-refractivity contribution in [2.45, 2.75) is 36.0 Å². The molecule has 0 aliphatic carbocycles. The maximum absolute atomic E-state index is 11.9. The van der Waals surface area contributed by atoms with Gasteiger partial charge in [-0.3, -0.25) is 9.13 Å². The summed E-state index contributed by atoms with van der Waals surface area (Å²) in [7, 11) is -9.51. The number of ether oxygens (including phenoxy) is 1. The predicted octanol–water partition coefficient (Wildman–Crippen LogP) is 1.94. The molecule has 6 N–H and O–H groups in total. The summed E-state index contributed by atoms with van der Waals surface area (Å²) in [4.78, 5) is 32.5. The Kier molecular flexibility index (Phi) is 8.15. The van der Waals surface area contributed by atoms with Gasteiger partial charge in [-0.1, -0.05) is 29.8 Å². The lowest BCUT2D eigenvalue weighted by molar-refractivity contribution is -0.0541. The van der Waals surface area contributed by atoms with Crippen molar-refractivity contribution in [1.29, 1.82) is 0 Å². The van der Waals surface area contributed by atoms with E-state index in [0.717, 1.165) is 10.5 Å². The van der Waals surface area contributed by atoms with E-state index < -0.39 is 52.2 Å². The Bertz CT molecular complexity index is 1360. The number of pyridine rings is 1. The van der Waals surface area contributed by atoms with Gasteiger partial charge in [-0.25, -0.2) is 9.67 Å². The summed E-state index contributed by atoms with van der Waals surface area (Å²) in [5.74, 6) is -1.39. The summed E-state index contributed by atoms with van der Waals surface area (Å²) in [5.41, 5.74) is 1.77. The average Bonchev–Trinajstić information content (AvgIpc) is 3.31. The predicted molar refractivity (Wildman–Crippen MR) is 132 cm³/mol. The Hall–Kier alpha value is -1.54. The van der Waals surface area contributed by atoms with Crippen LogP contribution in [0.1, 0.15) is 11.8 Å². The van der Waals surface area contributed by atoms with Gasteiger partial charge in [0.05, 0.1) is 23.9 Å². The standard InChI is InChI=1S/C19H23ClN4O9P2S/c20-15-5-12(21-6-10-3-1-2-4-14(10)36)11-7-22-24(18(11)23-15)19-17(26)16(25)13(33-19)8-32-35(30,31)9-34(27,28)29/h1-5,7,13,16-17,19,25-26,36H,6,8-9H2,(H,21,23)(H,30,31)(H2,27,28,29)/t13-,16?,17?,19-/m1/s1. The molecule has 1 aromatic carbocycles. The second-order valence-corrected chi connectivity index (χ2v) is 12.9. The third-order valence-corrected chi connectivity index (χ3v) is 9.46. The number of nitrogens with one attached hydrogen (secondary N) is 1. The number of hydrogen-bond acceptors (Lipinski definition) is 10. The van der Waals surface area contributed by atoms with E-state index in [1.165, 1.54) is 10.9 Å². The van der Waals surface area contributed by atoms with Crippen LogP contribution in [0.2, 0.25) is 5.15 Å². The third-order valence-electron chi connectivity index (χ3n) is 5.38. The zero-order chi connectivity index (χ0) is 26.3. The molecule has 0 saturated carbocycles. The van der Waals surface area contributed by atoms with E-state index >= 15 is 0 Å². The van der Waals surface area contributed by atoms with Gasteiger partial charge in [0.2, 0.25) is 0 Å². The number of halogens is 1. The number of hydrogen-bond donors (Lipinski definition) is 7. The van der Waals surface area contributed by atoms with Crippen molar-refractivity contribution >= 4 is 56.1 Å². The smallest absolute Gasteiger partial charge is 0.340 e. The number of thiol groups is 1. The minimum Gasteiger partial charge on any atom is -0.387 e. The molecule has 3 unspecified atom stereocenters. The summed E-state index contributed by atoms with van der Waals surface area (Å²) in [6.07, 6.45) is -4.18. The SMILES string of the molecule is O=P(O)(O)CP(=O)(O)OC[C@H]1O[C@@H](n2ncc3c(NCc4ccccc4S)cc(Cl)nc32)C(O)C1O. The molecule has 4 rings (SSSR count). The fraction of sp³-hybridized carbons (Fsp3) is 0.368. The van der Waals surface area contributed by atoms with Gasteiger partial charge in [0, 0.05) is 11.4 Å².